The predicted octanol–water partition coefficient (Wildman–Crippen LogP) is 1.37. The summed E-state index contributed by atoms with van der Waals surface area (Å²) in [4.78, 5) is 15.1. The molecule has 0 aromatic carbocycles. The highest BCUT2D eigenvalue weighted by atomic mass is 19.1. The van der Waals surface area contributed by atoms with Gasteiger partial charge in [-0.3, -0.25) is 9.36 Å². The monoisotopic (exact) mass is 190 g/mol. The van der Waals surface area contributed by atoms with Gasteiger partial charge < -0.3 is 0 Å². The Morgan fingerprint density at radius 1 is 1.21 bits per heavy atom. The Morgan fingerprint density at radius 3 is 2.79 bits per heavy atom. The van der Waals surface area contributed by atoms with Crippen LogP contribution < -0.4 is 5.56 Å². The Hall–Kier alpha value is -1.97. The molecule has 0 amide bonds. The third-order valence-electron chi connectivity index (χ3n) is 1.79. The van der Waals surface area contributed by atoms with Crippen molar-refractivity contribution in [1.82, 2.24) is 9.55 Å². The van der Waals surface area contributed by atoms with Crippen LogP contribution in [0.1, 0.15) is 0 Å². The lowest BCUT2D eigenvalue weighted by molar-refractivity contribution is 0.607. The van der Waals surface area contributed by atoms with Crippen LogP contribution >= 0.6 is 0 Å². The van der Waals surface area contributed by atoms with E-state index in [1.165, 1.54) is 30.6 Å². The molecule has 0 atom stereocenters. The highest BCUT2D eigenvalue weighted by Crippen LogP contribution is 2.05. The molecule has 3 nitrogen and oxygen atoms in total. The average Bonchev–Trinajstić information content (AvgIpc) is 2.20. The van der Waals surface area contributed by atoms with Gasteiger partial charge in [-0.2, -0.15) is 0 Å². The zero-order chi connectivity index (χ0) is 9.97. The van der Waals surface area contributed by atoms with Crippen LogP contribution in [-0.2, 0) is 0 Å². The minimum atomic E-state index is -0.513. The van der Waals surface area contributed by atoms with E-state index in [4.69, 9.17) is 0 Å². The van der Waals surface area contributed by atoms with Crippen LogP contribution in [0.25, 0.3) is 5.82 Å². The van der Waals surface area contributed by atoms with Crippen molar-refractivity contribution in [3.8, 4) is 5.82 Å². The van der Waals surface area contributed by atoms with Gasteiger partial charge in [-0.25, -0.2) is 9.37 Å². The first-order chi connectivity index (χ1) is 6.79. The molecule has 0 aliphatic rings. The van der Waals surface area contributed by atoms with E-state index in [9.17, 15) is 9.18 Å². The van der Waals surface area contributed by atoms with Crippen molar-refractivity contribution in [1.29, 1.82) is 0 Å². The Morgan fingerprint density at radius 2 is 2.07 bits per heavy atom. The molecule has 70 valence electrons. The zero-order valence-corrected chi connectivity index (χ0v) is 7.22. The van der Waals surface area contributed by atoms with Gasteiger partial charge in [-0.15, -0.1) is 0 Å². The van der Waals surface area contributed by atoms with Crippen molar-refractivity contribution in [2.75, 3.05) is 0 Å². The average molecular weight is 190 g/mol. The first-order valence-electron chi connectivity index (χ1n) is 4.07. The molecule has 4 heteroatoms. The number of hydrogen-bond acceptors (Lipinski definition) is 2. The Kier molecular flexibility index (Phi) is 2.10. The summed E-state index contributed by atoms with van der Waals surface area (Å²) in [7, 11) is 0. The van der Waals surface area contributed by atoms with Crippen molar-refractivity contribution in [2.24, 2.45) is 0 Å². The van der Waals surface area contributed by atoms with Crippen LogP contribution in [0.5, 0.6) is 0 Å². The van der Waals surface area contributed by atoms with Crippen LogP contribution in [-0.4, -0.2) is 9.55 Å². The number of hydrogen-bond donors (Lipinski definition) is 0. The number of aromatic nitrogens is 2. The van der Waals surface area contributed by atoms with Gasteiger partial charge in [0.15, 0.2) is 11.6 Å². The summed E-state index contributed by atoms with van der Waals surface area (Å²) in [5.74, 6) is -0.487. The van der Waals surface area contributed by atoms with Crippen molar-refractivity contribution in [3.05, 3.63) is 58.9 Å². The zero-order valence-electron chi connectivity index (χ0n) is 7.22. The molecule has 14 heavy (non-hydrogen) atoms. The standard InChI is InChI=1S/C10H7FN2O/c11-8-4-3-6-12-10(8)13-7-2-1-5-9(13)14/h1-7H. The molecule has 0 aliphatic heterocycles. The lowest BCUT2D eigenvalue weighted by Crippen LogP contribution is -2.17. The molecule has 0 N–H and O–H groups in total. The molecule has 0 saturated carbocycles. The molecule has 0 saturated heterocycles. The van der Waals surface area contributed by atoms with Gasteiger partial charge in [0.05, 0.1) is 0 Å². The second-order valence-corrected chi connectivity index (χ2v) is 2.72. The number of rotatable bonds is 1. The van der Waals surface area contributed by atoms with Gasteiger partial charge in [0.2, 0.25) is 0 Å². The normalized spacial score (nSPS) is 10.1. The van der Waals surface area contributed by atoms with Crippen LogP contribution in [0.3, 0.4) is 0 Å². The minimum Gasteiger partial charge on any atom is -0.269 e. The van der Waals surface area contributed by atoms with E-state index >= 15 is 0 Å². The van der Waals surface area contributed by atoms with Crippen molar-refractivity contribution >= 4 is 0 Å². The summed E-state index contributed by atoms with van der Waals surface area (Å²) in [5.41, 5.74) is -0.301. The highest BCUT2D eigenvalue weighted by molar-refractivity contribution is 5.24. The minimum absolute atomic E-state index is 0.0260. The molecule has 0 aliphatic carbocycles. The van der Waals surface area contributed by atoms with Crippen molar-refractivity contribution in [3.63, 3.8) is 0 Å². The van der Waals surface area contributed by atoms with Gasteiger partial charge >= 0.3 is 0 Å². The fourth-order valence-electron chi connectivity index (χ4n) is 1.16. The Labute approximate surface area is 79.5 Å². The van der Waals surface area contributed by atoms with E-state index in [0.29, 0.717) is 0 Å². The molecule has 2 rings (SSSR count). The van der Waals surface area contributed by atoms with Crippen LogP contribution in [0, 0.1) is 5.82 Å². The maximum atomic E-state index is 13.2. The van der Waals surface area contributed by atoms with Crippen molar-refractivity contribution in [2.45, 2.75) is 0 Å². The molecular formula is C10H7FN2O. The topological polar surface area (TPSA) is 34.9 Å². The van der Waals surface area contributed by atoms with E-state index in [1.54, 1.807) is 12.1 Å². The summed E-state index contributed by atoms with van der Waals surface area (Å²) in [6.45, 7) is 0. The largest absolute Gasteiger partial charge is 0.269 e. The van der Waals surface area contributed by atoms with Crippen LogP contribution in [0.4, 0.5) is 4.39 Å². The molecular weight excluding hydrogens is 183 g/mol. The van der Waals surface area contributed by atoms with Gasteiger partial charge in [-0.05, 0) is 18.2 Å². The SMILES string of the molecule is O=c1ccccn1-c1ncccc1F. The fourth-order valence-corrected chi connectivity index (χ4v) is 1.16. The second kappa shape index (κ2) is 3.41. The molecule has 0 bridgehead atoms. The fraction of sp³-hybridized carbons (Fsp3) is 0. The van der Waals surface area contributed by atoms with Gasteiger partial charge in [0, 0.05) is 18.5 Å². The molecule has 2 heterocycles. The third kappa shape index (κ3) is 1.42. The third-order valence-corrected chi connectivity index (χ3v) is 1.79. The molecule has 0 spiro atoms. The van der Waals surface area contributed by atoms with Crippen molar-refractivity contribution < 1.29 is 4.39 Å². The quantitative estimate of drug-likeness (QED) is 0.680. The smallest absolute Gasteiger partial charge is 0.256 e. The first kappa shape index (κ1) is 8.62. The van der Waals surface area contributed by atoms with E-state index in [1.807, 2.05) is 0 Å². The van der Waals surface area contributed by atoms with Gasteiger partial charge in [-0.1, -0.05) is 6.07 Å². The number of pyridine rings is 2. The summed E-state index contributed by atoms with van der Waals surface area (Å²) < 4.78 is 14.4. The van der Waals surface area contributed by atoms with Gasteiger partial charge in [0.25, 0.3) is 5.56 Å². The summed E-state index contributed by atoms with van der Waals surface area (Å²) in [6.07, 6.45) is 2.92. The van der Waals surface area contributed by atoms with Crippen LogP contribution in [0.2, 0.25) is 0 Å². The maximum absolute atomic E-state index is 13.2. The van der Waals surface area contributed by atoms with E-state index in [-0.39, 0.29) is 11.4 Å². The molecule has 2 aromatic rings. The Balaban J connectivity index is 2.67. The van der Waals surface area contributed by atoms with E-state index < -0.39 is 5.82 Å². The summed E-state index contributed by atoms with van der Waals surface area (Å²) >= 11 is 0. The maximum Gasteiger partial charge on any atom is 0.256 e. The predicted molar refractivity (Wildman–Crippen MR) is 49.8 cm³/mol. The molecule has 0 fully saturated rings. The van der Waals surface area contributed by atoms with E-state index in [2.05, 4.69) is 4.98 Å². The summed E-state index contributed by atoms with van der Waals surface area (Å²) in [5, 5.41) is 0. The molecule has 0 unspecified atom stereocenters. The number of halogens is 1. The molecule has 2 aromatic heterocycles. The highest BCUT2D eigenvalue weighted by Gasteiger charge is 2.04. The lowest BCUT2D eigenvalue weighted by Gasteiger charge is -2.03. The van der Waals surface area contributed by atoms with E-state index in [0.717, 1.165) is 4.57 Å². The first-order valence-corrected chi connectivity index (χ1v) is 4.07. The second-order valence-electron chi connectivity index (χ2n) is 2.72. The van der Waals surface area contributed by atoms with Crippen LogP contribution in [0.15, 0.2) is 47.5 Å². The lowest BCUT2D eigenvalue weighted by atomic mass is 10.4. The Bertz CT molecular complexity index is 507. The number of nitrogens with zero attached hydrogens (tertiary/aromatic N) is 2. The summed E-state index contributed by atoms with van der Waals surface area (Å²) in [6, 6.07) is 7.35. The van der Waals surface area contributed by atoms with Gasteiger partial charge in [0.1, 0.15) is 0 Å². The molecule has 0 radical (unpaired) electrons.